The maximum Gasteiger partial charge on any atom is 0.337 e. The van der Waals surface area contributed by atoms with E-state index in [1.165, 1.54) is 19.2 Å². The van der Waals surface area contributed by atoms with Crippen LogP contribution in [0.2, 0.25) is 0 Å². The summed E-state index contributed by atoms with van der Waals surface area (Å²) in [6.07, 6.45) is 0. The van der Waals surface area contributed by atoms with Crippen LogP contribution in [0.25, 0.3) is 0 Å². The number of carboxylic acids is 1. The molecule has 0 bridgehead atoms. The van der Waals surface area contributed by atoms with E-state index in [2.05, 4.69) is 10.6 Å². The molecule has 0 atom stereocenters. The van der Waals surface area contributed by atoms with E-state index < -0.39 is 5.97 Å². The molecule has 0 spiro atoms. The summed E-state index contributed by atoms with van der Waals surface area (Å²) in [5.74, 6) is -0.906. The van der Waals surface area contributed by atoms with Crippen LogP contribution in [-0.2, 0) is 4.79 Å². The lowest BCUT2D eigenvalue weighted by Gasteiger charge is -2.21. The fourth-order valence-electron chi connectivity index (χ4n) is 1.83. The van der Waals surface area contributed by atoms with Crippen LogP contribution in [0.3, 0.4) is 0 Å². The van der Waals surface area contributed by atoms with Gasteiger partial charge >= 0.3 is 5.97 Å². The molecular formula is C14H16N2O4. The second kappa shape index (κ2) is 5.75. The van der Waals surface area contributed by atoms with E-state index in [9.17, 15) is 9.59 Å². The zero-order chi connectivity index (χ0) is 14.7. The molecule has 0 aromatic heterocycles. The Hall–Kier alpha value is -2.34. The quantitative estimate of drug-likeness (QED) is 0.720. The van der Waals surface area contributed by atoms with Gasteiger partial charge in [-0.3, -0.25) is 4.79 Å². The number of methoxy groups -OCH3 is 1. The number of ether oxygens (including phenoxy) is 1. The summed E-state index contributed by atoms with van der Waals surface area (Å²) >= 11 is 0. The van der Waals surface area contributed by atoms with Gasteiger partial charge in [-0.05, 0) is 24.6 Å². The maximum atomic E-state index is 12.1. The summed E-state index contributed by atoms with van der Waals surface area (Å²) in [5.41, 5.74) is 1.91. The van der Waals surface area contributed by atoms with Crippen LogP contribution < -0.4 is 15.4 Å². The molecule has 3 N–H and O–H groups in total. The molecule has 1 heterocycles. The Morgan fingerprint density at radius 3 is 2.55 bits per heavy atom. The average Bonchev–Trinajstić information content (AvgIpc) is 2.36. The number of hydrogen-bond donors (Lipinski definition) is 3. The molecule has 6 nitrogen and oxygen atoms in total. The third kappa shape index (κ3) is 2.80. The number of nitrogens with one attached hydrogen (secondary N) is 2. The molecular weight excluding hydrogens is 260 g/mol. The lowest BCUT2D eigenvalue weighted by atomic mass is 10.0. The first kappa shape index (κ1) is 14.1. The van der Waals surface area contributed by atoms with E-state index in [1.807, 2.05) is 0 Å². The number of aromatic carboxylic acids is 1. The Morgan fingerprint density at radius 2 is 2.05 bits per heavy atom. The Bertz CT molecular complexity index is 587. The Kier molecular flexibility index (Phi) is 4.05. The number of hydrogen-bond acceptors (Lipinski definition) is 4. The van der Waals surface area contributed by atoms with E-state index in [-0.39, 0.29) is 17.2 Å². The number of rotatable bonds is 4. The van der Waals surface area contributed by atoms with Gasteiger partial charge < -0.3 is 20.5 Å². The number of carbonyl (C=O) groups is 2. The number of amides is 1. The predicted octanol–water partition coefficient (Wildman–Crippen LogP) is 1.25. The first-order valence-corrected chi connectivity index (χ1v) is 6.15. The van der Waals surface area contributed by atoms with Gasteiger partial charge in [-0.15, -0.1) is 0 Å². The van der Waals surface area contributed by atoms with Crippen LogP contribution in [0.4, 0.5) is 5.69 Å². The molecule has 0 radical (unpaired) electrons. The van der Waals surface area contributed by atoms with Crippen LogP contribution in [-0.4, -0.2) is 37.2 Å². The minimum atomic E-state index is -1.10. The molecule has 0 aliphatic carbocycles. The lowest BCUT2D eigenvalue weighted by Crippen LogP contribution is -2.36. The SMILES string of the molecule is COc1ccc(C(=O)O)c(NC(=O)C(C)=C2CNC2)c1. The van der Waals surface area contributed by atoms with Crippen molar-refractivity contribution in [2.24, 2.45) is 0 Å². The molecule has 1 fully saturated rings. The second-order valence-electron chi connectivity index (χ2n) is 4.50. The van der Waals surface area contributed by atoms with Crippen LogP contribution in [0.15, 0.2) is 29.3 Å². The van der Waals surface area contributed by atoms with Gasteiger partial charge in [0.2, 0.25) is 0 Å². The summed E-state index contributed by atoms with van der Waals surface area (Å²) < 4.78 is 5.05. The first-order chi connectivity index (χ1) is 9.52. The van der Waals surface area contributed by atoms with E-state index >= 15 is 0 Å². The molecule has 1 saturated heterocycles. The van der Waals surface area contributed by atoms with E-state index in [1.54, 1.807) is 13.0 Å². The van der Waals surface area contributed by atoms with Crippen LogP contribution >= 0.6 is 0 Å². The molecule has 1 aliphatic heterocycles. The zero-order valence-electron chi connectivity index (χ0n) is 11.3. The molecule has 20 heavy (non-hydrogen) atoms. The van der Waals surface area contributed by atoms with Gasteiger partial charge in [-0.1, -0.05) is 0 Å². The van der Waals surface area contributed by atoms with Gasteiger partial charge in [-0.2, -0.15) is 0 Å². The van der Waals surface area contributed by atoms with Crippen LogP contribution in [0, 0.1) is 0 Å². The van der Waals surface area contributed by atoms with Crippen molar-refractivity contribution in [2.45, 2.75) is 6.92 Å². The Balaban J connectivity index is 2.27. The van der Waals surface area contributed by atoms with Gasteiger partial charge in [-0.25, -0.2) is 4.79 Å². The fraction of sp³-hybridized carbons (Fsp3) is 0.286. The van der Waals surface area contributed by atoms with Crippen LogP contribution in [0.5, 0.6) is 5.75 Å². The third-order valence-electron chi connectivity index (χ3n) is 3.25. The predicted molar refractivity (Wildman–Crippen MR) is 74.2 cm³/mol. The number of benzene rings is 1. The first-order valence-electron chi connectivity index (χ1n) is 6.15. The largest absolute Gasteiger partial charge is 0.497 e. The highest BCUT2D eigenvalue weighted by molar-refractivity contribution is 6.07. The van der Waals surface area contributed by atoms with Gasteiger partial charge in [0.25, 0.3) is 5.91 Å². The smallest absolute Gasteiger partial charge is 0.337 e. The zero-order valence-corrected chi connectivity index (χ0v) is 11.3. The van der Waals surface area contributed by atoms with Crippen molar-refractivity contribution in [3.63, 3.8) is 0 Å². The molecule has 6 heteroatoms. The molecule has 1 aliphatic rings. The number of anilines is 1. The summed E-state index contributed by atoms with van der Waals surface area (Å²) in [4.78, 5) is 23.3. The maximum absolute atomic E-state index is 12.1. The van der Waals surface area contributed by atoms with E-state index in [4.69, 9.17) is 9.84 Å². The van der Waals surface area contributed by atoms with Gasteiger partial charge in [0.1, 0.15) is 5.75 Å². The van der Waals surface area contributed by atoms with Gasteiger partial charge in [0, 0.05) is 24.7 Å². The highest BCUT2D eigenvalue weighted by Crippen LogP contribution is 2.23. The Labute approximate surface area is 116 Å². The molecule has 2 rings (SSSR count). The summed E-state index contributed by atoms with van der Waals surface area (Å²) in [7, 11) is 1.48. The van der Waals surface area contributed by atoms with Gasteiger partial charge in [0.15, 0.2) is 0 Å². The van der Waals surface area contributed by atoms with Crippen molar-refractivity contribution in [3.8, 4) is 5.75 Å². The minimum Gasteiger partial charge on any atom is -0.497 e. The highest BCUT2D eigenvalue weighted by Gasteiger charge is 2.18. The summed E-state index contributed by atoms with van der Waals surface area (Å²) in [6.45, 7) is 3.12. The van der Waals surface area contributed by atoms with Crippen molar-refractivity contribution in [1.82, 2.24) is 5.32 Å². The van der Waals surface area contributed by atoms with Crippen molar-refractivity contribution >= 4 is 17.6 Å². The average molecular weight is 276 g/mol. The molecule has 0 unspecified atom stereocenters. The van der Waals surface area contributed by atoms with E-state index in [0.717, 1.165) is 5.57 Å². The van der Waals surface area contributed by atoms with Crippen LogP contribution in [0.1, 0.15) is 17.3 Å². The van der Waals surface area contributed by atoms with Crippen molar-refractivity contribution in [3.05, 3.63) is 34.9 Å². The monoisotopic (exact) mass is 276 g/mol. The third-order valence-corrected chi connectivity index (χ3v) is 3.25. The van der Waals surface area contributed by atoms with Gasteiger partial charge in [0.05, 0.1) is 18.4 Å². The topological polar surface area (TPSA) is 87.7 Å². The van der Waals surface area contributed by atoms with Crippen molar-refractivity contribution in [2.75, 3.05) is 25.5 Å². The minimum absolute atomic E-state index is 0.0312. The van der Waals surface area contributed by atoms with Crippen molar-refractivity contribution < 1.29 is 19.4 Å². The molecule has 106 valence electrons. The number of carboxylic acid groups (broad SMARTS) is 1. The Morgan fingerprint density at radius 1 is 1.35 bits per heavy atom. The fourth-order valence-corrected chi connectivity index (χ4v) is 1.83. The molecule has 1 amide bonds. The summed E-state index contributed by atoms with van der Waals surface area (Å²) in [6, 6.07) is 4.45. The standard InChI is InChI=1S/C14H16N2O4/c1-8(9-6-15-7-9)13(17)16-12-5-10(20-2)3-4-11(12)14(18)19/h3-5,15H,6-7H2,1-2H3,(H,16,17)(H,18,19). The van der Waals surface area contributed by atoms with E-state index in [0.29, 0.717) is 24.4 Å². The normalized spacial score (nSPS) is 13.4. The highest BCUT2D eigenvalue weighted by atomic mass is 16.5. The summed E-state index contributed by atoms with van der Waals surface area (Å²) in [5, 5.41) is 14.8. The number of carbonyl (C=O) groups excluding carboxylic acids is 1. The molecule has 0 saturated carbocycles. The van der Waals surface area contributed by atoms with Crippen molar-refractivity contribution in [1.29, 1.82) is 0 Å². The molecule has 1 aromatic rings. The molecule has 1 aromatic carbocycles. The second-order valence-corrected chi connectivity index (χ2v) is 4.50. The lowest BCUT2D eigenvalue weighted by molar-refractivity contribution is -0.112.